The standard InChI is InChI=1S/C24H38N.C19H31F3N.C10H15N2O2/c1-5-8-15-25(16-9-6-2,17-10-7-3)20-22-12-14-23-18-21(4)11-13-24(23)19-22;1-4-7-14-23(15-8-5-2,16-9-6-3)18-12-10-17(11-13-18)19(20,21)22;1-12(2,3)8-9-4-6-10(7-5-9)11(13)14/h11-14,18-19H,5-10,15-17,20H2,1-4H3;10-13H,4-9,14-16H2,1-3H3;4-7H,8H2,1-3H3/q3*+1. The van der Waals surface area contributed by atoms with Gasteiger partial charge in [0.2, 0.25) is 0 Å². The zero-order chi connectivity index (χ0) is 46.2. The monoisotopic (exact) mass is 866 g/mol. The van der Waals surface area contributed by atoms with Gasteiger partial charge in [0.1, 0.15) is 18.8 Å². The summed E-state index contributed by atoms with van der Waals surface area (Å²) >= 11 is 0. The highest BCUT2D eigenvalue weighted by Crippen LogP contribution is 2.33. The Morgan fingerprint density at radius 3 is 1.37 bits per heavy atom. The van der Waals surface area contributed by atoms with Gasteiger partial charge in [-0.25, -0.2) is 0 Å². The molecule has 0 unspecified atom stereocenters. The van der Waals surface area contributed by atoms with Crippen molar-refractivity contribution in [2.75, 3.05) is 60.4 Å². The minimum atomic E-state index is -4.26. The fourth-order valence-electron chi connectivity index (χ4n) is 8.30. The van der Waals surface area contributed by atoms with Crippen LogP contribution >= 0.6 is 0 Å². The Morgan fingerprint density at radius 1 is 0.532 bits per heavy atom. The Balaban J connectivity index is 0.000000333. The van der Waals surface area contributed by atoms with Gasteiger partial charge in [-0.05, 0) is 98.7 Å². The molecule has 0 fully saturated rings. The number of aryl methyl sites for hydroxylation is 1. The predicted molar refractivity (Wildman–Crippen MR) is 259 cm³/mol. The third-order valence-electron chi connectivity index (χ3n) is 11.9. The van der Waals surface area contributed by atoms with Crippen LogP contribution in [0.25, 0.3) is 10.8 Å². The van der Waals surface area contributed by atoms with E-state index >= 15 is 0 Å². The van der Waals surface area contributed by atoms with E-state index in [0.717, 1.165) is 84.9 Å². The number of nitro groups is 1. The fourth-order valence-corrected chi connectivity index (χ4v) is 8.30. The van der Waals surface area contributed by atoms with E-state index in [9.17, 15) is 23.3 Å². The Bertz CT molecular complexity index is 1790. The van der Waals surface area contributed by atoms with E-state index in [4.69, 9.17) is 0 Å². The minimum absolute atomic E-state index is 0.148. The molecule has 0 aromatic heterocycles. The first-order chi connectivity index (χ1) is 29.4. The number of hydrogen-bond donors (Lipinski definition) is 0. The lowest BCUT2D eigenvalue weighted by Gasteiger charge is -2.39. The van der Waals surface area contributed by atoms with E-state index in [0.29, 0.717) is 0 Å². The summed E-state index contributed by atoms with van der Waals surface area (Å²) in [7, 11) is 6.25. The van der Waals surface area contributed by atoms with E-state index in [1.54, 1.807) is 24.3 Å². The van der Waals surface area contributed by atoms with Gasteiger partial charge in [0.05, 0.1) is 70.9 Å². The molecule has 62 heavy (non-hydrogen) atoms. The maximum Gasteiger partial charge on any atom is 0.416 e. The summed E-state index contributed by atoms with van der Waals surface area (Å²) in [5, 5.41) is 13.2. The highest BCUT2D eigenvalue weighted by atomic mass is 19.4. The number of benzene rings is 4. The molecule has 4 rings (SSSR count). The topological polar surface area (TPSA) is 43.1 Å². The van der Waals surface area contributed by atoms with Crippen molar-refractivity contribution in [1.82, 2.24) is 4.48 Å². The molecule has 4 aromatic carbocycles. The number of hydrogen-bond acceptors (Lipinski definition) is 2. The molecule has 0 aliphatic carbocycles. The molecule has 0 spiro atoms. The van der Waals surface area contributed by atoms with Crippen molar-refractivity contribution in [1.29, 1.82) is 0 Å². The lowest BCUT2D eigenvalue weighted by molar-refractivity contribution is -0.941. The van der Waals surface area contributed by atoms with Crippen molar-refractivity contribution in [2.45, 2.75) is 145 Å². The van der Waals surface area contributed by atoms with Crippen LogP contribution in [-0.4, -0.2) is 74.3 Å². The Morgan fingerprint density at radius 2 is 0.952 bits per heavy atom. The lowest BCUT2D eigenvalue weighted by atomic mass is 10.0. The summed E-state index contributed by atoms with van der Waals surface area (Å²) in [5.41, 5.74) is 4.60. The number of nitro benzene ring substituents is 1. The van der Waals surface area contributed by atoms with E-state index in [2.05, 4.69) is 106 Å². The third-order valence-corrected chi connectivity index (χ3v) is 11.9. The molecule has 0 atom stereocenters. The van der Waals surface area contributed by atoms with Crippen LogP contribution < -0.4 is 4.48 Å². The molecular weight excluding hydrogens is 782 g/mol. The second-order valence-electron chi connectivity index (χ2n) is 18.7. The van der Waals surface area contributed by atoms with Gasteiger partial charge >= 0.3 is 6.18 Å². The number of non-ortho nitro benzene ring substituents is 1. The second-order valence-corrected chi connectivity index (χ2v) is 18.7. The summed E-state index contributed by atoms with van der Waals surface area (Å²) in [6.07, 6.45) is 10.3. The molecule has 0 saturated heterocycles. The fraction of sp³-hybridized carbons (Fsp3) is 0.585. The maximum atomic E-state index is 12.8. The molecule has 346 valence electrons. The van der Waals surface area contributed by atoms with Crippen LogP contribution in [0.15, 0.2) is 84.9 Å². The van der Waals surface area contributed by atoms with Crippen molar-refractivity contribution in [3.63, 3.8) is 0 Å². The van der Waals surface area contributed by atoms with Crippen LogP contribution in [0.5, 0.6) is 0 Å². The number of halogens is 3. The Kier molecular flexibility index (Phi) is 24.0. The van der Waals surface area contributed by atoms with Gasteiger partial charge in [0.15, 0.2) is 0 Å². The minimum Gasteiger partial charge on any atom is -0.327 e. The van der Waals surface area contributed by atoms with Crippen molar-refractivity contribution in [2.24, 2.45) is 0 Å². The van der Waals surface area contributed by atoms with Gasteiger partial charge in [-0.1, -0.05) is 116 Å². The van der Waals surface area contributed by atoms with Crippen LogP contribution in [0.4, 0.5) is 24.5 Å². The molecule has 0 bridgehead atoms. The third kappa shape index (κ3) is 19.3. The second kappa shape index (κ2) is 27.4. The van der Waals surface area contributed by atoms with Crippen LogP contribution in [0.3, 0.4) is 0 Å². The van der Waals surface area contributed by atoms with Gasteiger partial charge in [-0.3, -0.25) is 14.6 Å². The van der Waals surface area contributed by atoms with Crippen LogP contribution in [0.1, 0.15) is 141 Å². The molecule has 0 heterocycles. The molecule has 4 aromatic rings. The first-order valence-corrected chi connectivity index (χ1v) is 23.8. The zero-order valence-electron chi connectivity index (χ0n) is 40.5. The van der Waals surface area contributed by atoms with E-state index in [1.165, 1.54) is 103 Å². The number of alkyl halides is 3. The zero-order valence-corrected chi connectivity index (χ0v) is 40.5. The number of quaternary nitrogens is 3. The van der Waals surface area contributed by atoms with Crippen LogP contribution in [-0.2, 0) is 19.3 Å². The van der Waals surface area contributed by atoms with Crippen LogP contribution in [0.2, 0.25) is 0 Å². The highest BCUT2D eigenvalue weighted by Gasteiger charge is 2.33. The van der Waals surface area contributed by atoms with Crippen molar-refractivity contribution in [3.8, 4) is 0 Å². The molecule has 0 amide bonds. The van der Waals surface area contributed by atoms with Gasteiger partial charge in [-0.15, -0.1) is 0 Å². The maximum absolute atomic E-state index is 12.8. The van der Waals surface area contributed by atoms with Crippen LogP contribution in [0, 0.1) is 17.0 Å². The molecular formula is C53H84F3N4O2+3. The normalized spacial score (nSPS) is 12.1. The molecule has 0 saturated carbocycles. The quantitative estimate of drug-likeness (QED) is 0.0400. The lowest BCUT2D eigenvalue weighted by Crippen LogP contribution is -2.51. The predicted octanol–water partition coefficient (Wildman–Crippen LogP) is 15.1. The van der Waals surface area contributed by atoms with Crippen molar-refractivity contribution >= 4 is 22.1 Å². The SMILES string of the molecule is CCCC[N+](CCCC)(CCCC)Cc1ccc2cc(C)ccc2c1.CCCC[N+](CCCC)(CCCC)c1ccc(C(F)(F)F)cc1.C[N+](C)(C)Cc1ccc([N+](=O)[O-])cc1. The van der Waals surface area contributed by atoms with Crippen molar-refractivity contribution < 1.29 is 27.1 Å². The average Bonchev–Trinajstić information content (AvgIpc) is 3.24. The first kappa shape index (κ1) is 54.3. The molecule has 0 aliphatic rings. The summed E-state index contributed by atoms with van der Waals surface area (Å²) in [6, 6.07) is 26.5. The highest BCUT2D eigenvalue weighted by molar-refractivity contribution is 5.83. The first-order valence-electron chi connectivity index (χ1n) is 23.8. The molecule has 0 N–H and O–H groups in total. The largest absolute Gasteiger partial charge is 0.416 e. The molecule has 6 nitrogen and oxygen atoms in total. The van der Waals surface area contributed by atoms with E-state index in [-0.39, 0.29) is 10.6 Å². The smallest absolute Gasteiger partial charge is 0.327 e. The van der Waals surface area contributed by atoms with Crippen molar-refractivity contribution in [3.05, 3.63) is 117 Å². The molecule has 0 radical (unpaired) electrons. The van der Waals surface area contributed by atoms with Gasteiger partial charge in [0.25, 0.3) is 5.69 Å². The summed E-state index contributed by atoms with van der Waals surface area (Å²) in [6.45, 7) is 24.8. The number of fused-ring (bicyclic) bond motifs is 1. The van der Waals surface area contributed by atoms with Gasteiger partial charge in [0, 0.05) is 23.3 Å². The number of rotatable bonds is 24. The summed E-state index contributed by atoms with van der Waals surface area (Å²) < 4.78 is 41.4. The van der Waals surface area contributed by atoms with Gasteiger partial charge in [-0.2, -0.15) is 13.2 Å². The number of unbranched alkanes of at least 4 members (excludes halogenated alkanes) is 6. The molecule has 0 aliphatic heterocycles. The van der Waals surface area contributed by atoms with E-state index in [1.807, 2.05) is 12.1 Å². The number of nitrogens with zero attached hydrogens (tertiary/aromatic N) is 4. The Hall–Kier alpha value is -3.79. The van der Waals surface area contributed by atoms with Gasteiger partial charge < -0.3 is 8.97 Å². The Labute approximate surface area is 375 Å². The summed E-state index contributed by atoms with van der Waals surface area (Å²) in [4.78, 5) is 10.0. The molecule has 9 heteroatoms. The average molecular weight is 866 g/mol. The van der Waals surface area contributed by atoms with E-state index < -0.39 is 11.7 Å². The summed E-state index contributed by atoms with van der Waals surface area (Å²) in [5.74, 6) is 0.